The van der Waals surface area contributed by atoms with Crippen molar-refractivity contribution < 1.29 is 4.74 Å². The van der Waals surface area contributed by atoms with E-state index in [1.54, 1.807) is 13.3 Å². The Morgan fingerprint density at radius 1 is 1.41 bits per heavy atom. The molecule has 0 atom stereocenters. The molecule has 2 aromatic heterocycles. The van der Waals surface area contributed by atoms with Crippen LogP contribution in [0.4, 0.5) is 0 Å². The van der Waals surface area contributed by atoms with Crippen LogP contribution in [-0.2, 0) is 0 Å². The van der Waals surface area contributed by atoms with E-state index in [9.17, 15) is 0 Å². The summed E-state index contributed by atoms with van der Waals surface area (Å²) in [6.07, 6.45) is 7.13. The molecule has 2 N–H and O–H groups in total. The van der Waals surface area contributed by atoms with Gasteiger partial charge in [-0.05, 0) is 24.6 Å². The second-order valence-corrected chi connectivity index (χ2v) is 4.17. The average molecular weight is 229 g/mol. The molecule has 1 aliphatic rings. The van der Waals surface area contributed by atoms with Crippen molar-refractivity contribution in [1.82, 2.24) is 15.3 Å². The number of aromatic nitrogens is 2. The van der Waals surface area contributed by atoms with E-state index < -0.39 is 0 Å². The minimum absolute atomic E-state index is 0.794. The lowest BCUT2D eigenvalue weighted by Crippen LogP contribution is -2.21. The van der Waals surface area contributed by atoms with Gasteiger partial charge in [0.15, 0.2) is 0 Å². The zero-order valence-electron chi connectivity index (χ0n) is 9.79. The van der Waals surface area contributed by atoms with Gasteiger partial charge in [0.25, 0.3) is 0 Å². The predicted octanol–water partition coefficient (Wildman–Crippen LogP) is 1.95. The highest BCUT2D eigenvalue weighted by Crippen LogP contribution is 2.27. The Bertz CT molecular complexity index is 571. The third-order valence-electron chi connectivity index (χ3n) is 3.11. The molecular weight excluding hydrogens is 214 g/mol. The normalized spacial score (nSPS) is 15.9. The number of rotatable bonds is 2. The topological polar surface area (TPSA) is 49.9 Å². The number of nitrogens with zero attached hydrogens (tertiary/aromatic N) is 1. The monoisotopic (exact) mass is 229 g/mol. The zero-order valence-corrected chi connectivity index (χ0v) is 9.79. The summed E-state index contributed by atoms with van der Waals surface area (Å²) in [5.41, 5.74) is 3.46. The maximum atomic E-state index is 5.22. The maximum Gasteiger partial charge on any atom is 0.138 e. The van der Waals surface area contributed by atoms with Crippen molar-refractivity contribution in [2.24, 2.45) is 0 Å². The van der Waals surface area contributed by atoms with Crippen LogP contribution in [0.5, 0.6) is 5.75 Å². The number of ether oxygens (including phenoxy) is 1. The van der Waals surface area contributed by atoms with E-state index >= 15 is 0 Å². The molecule has 17 heavy (non-hydrogen) atoms. The summed E-state index contributed by atoms with van der Waals surface area (Å²) in [5.74, 6) is 0.794. The van der Waals surface area contributed by atoms with Crippen molar-refractivity contribution in [1.29, 1.82) is 0 Å². The van der Waals surface area contributed by atoms with Crippen LogP contribution < -0.4 is 10.1 Å². The van der Waals surface area contributed by atoms with Crippen molar-refractivity contribution in [3.63, 3.8) is 0 Å². The molecule has 0 saturated heterocycles. The summed E-state index contributed by atoms with van der Waals surface area (Å²) < 4.78 is 5.22. The van der Waals surface area contributed by atoms with Crippen molar-refractivity contribution in [3.8, 4) is 5.75 Å². The highest BCUT2D eigenvalue weighted by atomic mass is 16.5. The van der Waals surface area contributed by atoms with Crippen LogP contribution in [-0.4, -0.2) is 30.2 Å². The van der Waals surface area contributed by atoms with Crippen molar-refractivity contribution in [2.45, 2.75) is 6.42 Å². The SMILES string of the molecule is COc1cnc2[nH]cc(C3=CCCNC3)c2c1. The summed E-state index contributed by atoms with van der Waals surface area (Å²) in [5, 5.41) is 4.51. The van der Waals surface area contributed by atoms with Gasteiger partial charge in [0, 0.05) is 23.7 Å². The van der Waals surface area contributed by atoms with Crippen molar-refractivity contribution >= 4 is 16.6 Å². The number of H-pyrrole nitrogens is 1. The Morgan fingerprint density at radius 3 is 3.12 bits per heavy atom. The summed E-state index contributed by atoms with van der Waals surface area (Å²) in [4.78, 5) is 7.54. The lowest BCUT2D eigenvalue weighted by Gasteiger charge is -2.13. The van der Waals surface area contributed by atoms with Gasteiger partial charge < -0.3 is 15.0 Å². The molecule has 4 heteroatoms. The first kappa shape index (κ1) is 10.4. The van der Waals surface area contributed by atoms with Crippen LogP contribution in [0.25, 0.3) is 16.6 Å². The fraction of sp³-hybridized carbons (Fsp3) is 0.308. The molecule has 0 fully saturated rings. The van der Waals surface area contributed by atoms with E-state index in [4.69, 9.17) is 4.74 Å². The number of pyridine rings is 1. The Morgan fingerprint density at radius 2 is 2.35 bits per heavy atom. The number of methoxy groups -OCH3 is 1. The molecule has 1 aliphatic heterocycles. The van der Waals surface area contributed by atoms with Crippen LogP contribution in [0.2, 0.25) is 0 Å². The Hall–Kier alpha value is -1.81. The van der Waals surface area contributed by atoms with Gasteiger partial charge in [-0.25, -0.2) is 4.98 Å². The zero-order chi connectivity index (χ0) is 11.7. The molecule has 0 unspecified atom stereocenters. The first-order valence-corrected chi connectivity index (χ1v) is 5.80. The molecule has 3 rings (SSSR count). The molecule has 4 nitrogen and oxygen atoms in total. The summed E-state index contributed by atoms with van der Waals surface area (Å²) in [7, 11) is 1.66. The van der Waals surface area contributed by atoms with E-state index in [-0.39, 0.29) is 0 Å². The van der Waals surface area contributed by atoms with Gasteiger partial charge >= 0.3 is 0 Å². The third-order valence-corrected chi connectivity index (χ3v) is 3.11. The van der Waals surface area contributed by atoms with Crippen LogP contribution in [0, 0.1) is 0 Å². The van der Waals surface area contributed by atoms with Gasteiger partial charge in [0.1, 0.15) is 11.4 Å². The van der Waals surface area contributed by atoms with E-state index in [0.29, 0.717) is 0 Å². The fourth-order valence-electron chi connectivity index (χ4n) is 2.21. The van der Waals surface area contributed by atoms with Crippen LogP contribution in [0.3, 0.4) is 0 Å². The largest absolute Gasteiger partial charge is 0.495 e. The molecule has 0 radical (unpaired) electrons. The average Bonchev–Trinajstić information content (AvgIpc) is 2.82. The highest BCUT2D eigenvalue weighted by Gasteiger charge is 2.12. The molecule has 88 valence electrons. The second kappa shape index (κ2) is 4.22. The Kier molecular flexibility index (Phi) is 2.57. The molecule has 3 heterocycles. The summed E-state index contributed by atoms with van der Waals surface area (Å²) in [6.45, 7) is 1.98. The molecule has 0 amide bonds. The van der Waals surface area contributed by atoms with Crippen LogP contribution >= 0.6 is 0 Å². The van der Waals surface area contributed by atoms with Crippen molar-refractivity contribution in [3.05, 3.63) is 30.1 Å². The van der Waals surface area contributed by atoms with Gasteiger partial charge in [-0.3, -0.25) is 0 Å². The van der Waals surface area contributed by atoms with Gasteiger partial charge in [-0.2, -0.15) is 0 Å². The fourth-order valence-corrected chi connectivity index (χ4v) is 2.21. The Balaban J connectivity index is 2.12. The molecule has 0 aliphatic carbocycles. The molecular formula is C13H15N3O. The first-order chi connectivity index (χ1) is 8.38. The lowest BCUT2D eigenvalue weighted by molar-refractivity contribution is 0.413. The number of aromatic amines is 1. The lowest BCUT2D eigenvalue weighted by atomic mass is 10.0. The summed E-state index contributed by atoms with van der Waals surface area (Å²) in [6, 6.07) is 2.03. The standard InChI is InChI=1S/C13H15N3O/c1-17-10-5-11-12(8-16-13(11)15-7-10)9-3-2-4-14-6-9/h3,5,7-8,14H,2,4,6H2,1H3,(H,15,16). The maximum absolute atomic E-state index is 5.22. The minimum Gasteiger partial charge on any atom is -0.495 e. The van der Waals surface area contributed by atoms with E-state index in [0.717, 1.165) is 36.3 Å². The van der Waals surface area contributed by atoms with E-state index in [1.807, 2.05) is 12.3 Å². The first-order valence-electron chi connectivity index (χ1n) is 5.80. The Labute approximate surface area is 99.7 Å². The van der Waals surface area contributed by atoms with Gasteiger partial charge in [-0.15, -0.1) is 0 Å². The quantitative estimate of drug-likeness (QED) is 0.827. The van der Waals surface area contributed by atoms with Gasteiger partial charge in [0.05, 0.1) is 13.3 Å². The van der Waals surface area contributed by atoms with Crippen molar-refractivity contribution in [2.75, 3.05) is 20.2 Å². The molecule has 0 bridgehead atoms. The highest BCUT2D eigenvalue weighted by molar-refractivity contribution is 5.91. The van der Waals surface area contributed by atoms with Gasteiger partial charge in [0.2, 0.25) is 0 Å². The second-order valence-electron chi connectivity index (χ2n) is 4.17. The number of hydrogen-bond acceptors (Lipinski definition) is 3. The molecule has 0 spiro atoms. The minimum atomic E-state index is 0.794. The van der Waals surface area contributed by atoms with E-state index in [2.05, 4.69) is 21.4 Å². The van der Waals surface area contributed by atoms with Gasteiger partial charge in [-0.1, -0.05) is 6.08 Å². The van der Waals surface area contributed by atoms with Crippen LogP contribution in [0.1, 0.15) is 12.0 Å². The smallest absolute Gasteiger partial charge is 0.138 e. The van der Waals surface area contributed by atoms with E-state index in [1.165, 1.54) is 11.1 Å². The van der Waals surface area contributed by atoms with Crippen LogP contribution in [0.15, 0.2) is 24.5 Å². The number of nitrogens with one attached hydrogen (secondary N) is 2. The molecule has 2 aromatic rings. The summed E-state index contributed by atoms with van der Waals surface area (Å²) >= 11 is 0. The molecule has 0 aromatic carbocycles. The number of fused-ring (bicyclic) bond motifs is 1. The number of hydrogen-bond donors (Lipinski definition) is 2. The third kappa shape index (κ3) is 1.80. The molecule has 0 saturated carbocycles. The predicted molar refractivity (Wildman–Crippen MR) is 68.1 cm³/mol.